The zero-order chi connectivity index (χ0) is 12.8. The highest BCUT2D eigenvalue weighted by Crippen LogP contribution is 2.27. The van der Waals surface area contributed by atoms with E-state index < -0.39 is 0 Å². The SMILES string of the molecule is COc1ccc(N(CCCN)c2ncns2)cc1. The second-order valence-electron chi connectivity index (χ2n) is 3.72. The van der Waals surface area contributed by atoms with E-state index >= 15 is 0 Å². The first-order valence-corrected chi connectivity index (χ1v) is 6.51. The molecule has 6 heteroatoms. The van der Waals surface area contributed by atoms with Crippen molar-refractivity contribution in [2.24, 2.45) is 5.73 Å². The van der Waals surface area contributed by atoms with E-state index in [0.717, 1.165) is 29.5 Å². The van der Waals surface area contributed by atoms with Gasteiger partial charge in [0.25, 0.3) is 0 Å². The van der Waals surface area contributed by atoms with Crippen LogP contribution >= 0.6 is 11.5 Å². The van der Waals surface area contributed by atoms with Gasteiger partial charge in [-0.15, -0.1) is 0 Å². The molecule has 1 heterocycles. The van der Waals surface area contributed by atoms with Crippen LogP contribution in [0.2, 0.25) is 0 Å². The molecule has 0 aliphatic carbocycles. The van der Waals surface area contributed by atoms with E-state index in [9.17, 15) is 0 Å². The lowest BCUT2D eigenvalue weighted by molar-refractivity contribution is 0.415. The fourth-order valence-electron chi connectivity index (χ4n) is 1.63. The number of anilines is 2. The third-order valence-corrected chi connectivity index (χ3v) is 3.24. The zero-order valence-electron chi connectivity index (χ0n) is 10.2. The van der Waals surface area contributed by atoms with Crippen molar-refractivity contribution in [1.82, 2.24) is 9.36 Å². The molecule has 0 atom stereocenters. The first kappa shape index (κ1) is 12.8. The lowest BCUT2D eigenvalue weighted by Gasteiger charge is -2.21. The van der Waals surface area contributed by atoms with Gasteiger partial charge in [0.1, 0.15) is 12.1 Å². The minimum atomic E-state index is 0.658. The van der Waals surface area contributed by atoms with Crippen LogP contribution in [0.25, 0.3) is 0 Å². The summed E-state index contributed by atoms with van der Waals surface area (Å²) < 4.78 is 9.20. The molecule has 1 aromatic carbocycles. The van der Waals surface area contributed by atoms with Gasteiger partial charge in [-0.3, -0.25) is 0 Å². The summed E-state index contributed by atoms with van der Waals surface area (Å²) in [7, 11) is 1.66. The number of hydrogen-bond acceptors (Lipinski definition) is 6. The van der Waals surface area contributed by atoms with Gasteiger partial charge in [-0.1, -0.05) is 0 Å². The standard InChI is InChI=1S/C12H16N4OS/c1-17-11-5-3-10(4-6-11)16(8-2-7-13)12-14-9-15-18-12/h3-6,9H,2,7-8,13H2,1H3. The third kappa shape index (κ3) is 2.96. The van der Waals surface area contributed by atoms with Gasteiger partial charge in [-0.2, -0.15) is 4.37 Å². The van der Waals surface area contributed by atoms with Crippen LogP contribution in [-0.2, 0) is 0 Å². The Hall–Kier alpha value is -1.66. The number of benzene rings is 1. The fourth-order valence-corrected chi connectivity index (χ4v) is 2.21. The van der Waals surface area contributed by atoms with E-state index in [1.165, 1.54) is 11.5 Å². The summed E-state index contributed by atoms with van der Waals surface area (Å²) in [5, 5.41) is 0.883. The summed E-state index contributed by atoms with van der Waals surface area (Å²) in [5.74, 6) is 0.842. The molecule has 96 valence electrons. The van der Waals surface area contributed by atoms with Crippen molar-refractivity contribution in [2.45, 2.75) is 6.42 Å². The molecule has 0 aliphatic heterocycles. The van der Waals surface area contributed by atoms with Crippen molar-refractivity contribution < 1.29 is 4.74 Å². The fraction of sp³-hybridized carbons (Fsp3) is 0.333. The second kappa shape index (κ2) is 6.32. The maximum absolute atomic E-state index is 5.57. The lowest BCUT2D eigenvalue weighted by atomic mass is 10.2. The van der Waals surface area contributed by atoms with Crippen LogP contribution in [0.15, 0.2) is 30.6 Å². The van der Waals surface area contributed by atoms with Crippen molar-refractivity contribution in [2.75, 3.05) is 25.1 Å². The molecule has 0 bridgehead atoms. The topological polar surface area (TPSA) is 64.3 Å². The molecule has 0 amide bonds. The molecule has 0 radical (unpaired) electrons. The van der Waals surface area contributed by atoms with Gasteiger partial charge in [0, 0.05) is 23.8 Å². The molecule has 1 aromatic heterocycles. The van der Waals surface area contributed by atoms with Crippen LogP contribution in [0.1, 0.15) is 6.42 Å². The van der Waals surface area contributed by atoms with Crippen molar-refractivity contribution in [1.29, 1.82) is 0 Å². The zero-order valence-corrected chi connectivity index (χ0v) is 11.1. The van der Waals surface area contributed by atoms with E-state index in [2.05, 4.69) is 14.3 Å². The maximum Gasteiger partial charge on any atom is 0.209 e. The number of nitrogens with two attached hydrogens (primary N) is 1. The van der Waals surface area contributed by atoms with E-state index in [1.807, 2.05) is 24.3 Å². The number of aromatic nitrogens is 2. The molecular weight excluding hydrogens is 248 g/mol. The largest absolute Gasteiger partial charge is 0.497 e. The highest BCUT2D eigenvalue weighted by molar-refractivity contribution is 7.09. The van der Waals surface area contributed by atoms with Gasteiger partial charge in [-0.05, 0) is 37.2 Å². The summed E-state index contributed by atoms with van der Waals surface area (Å²) in [5.41, 5.74) is 6.64. The average molecular weight is 264 g/mol. The molecular formula is C12H16N4OS. The number of ether oxygens (including phenoxy) is 1. The molecule has 2 aromatic rings. The first-order chi connectivity index (χ1) is 8.85. The first-order valence-electron chi connectivity index (χ1n) is 5.73. The van der Waals surface area contributed by atoms with E-state index in [-0.39, 0.29) is 0 Å². The number of hydrogen-bond donors (Lipinski definition) is 1. The van der Waals surface area contributed by atoms with Gasteiger partial charge < -0.3 is 15.4 Å². The van der Waals surface area contributed by atoms with Crippen LogP contribution in [0.4, 0.5) is 10.8 Å². The van der Waals surface area contributed by atoms with Crippen LogP contribution < -0.4 is 15.4 Å². The van der Waals surface area contributed by atoms with Crippen molar-refractivity contribution >= 4 is 22.4 Å². The molecule has 0 saturated heterocycles. The highest BCUT2D eigenvalue weighted by Gasteiger charge is 2.11. The van der Waals surface area contributed by atoms with Crippen molar-refractivity contribution in [3.05, 3.63) is 30.6 Å². The lowest BCUT2D eigenvalue weighted by Crippen LogP contribution is -2.20. The molecule has 5 nitrogen and oxygen atoms in total. The molecule has 2 rings (SSSR count). The van der Waals surface area contributed by atoms with Crippen LogP contribution in [0.5, 0.6) is 5.75 Å². The van der Waals surface area contributed by atoms with Crippen LogP contribution in [0, 0.1) is 0 Å². The summed E-state index contributed by atoms with van der Waals surface area (Å²) in [6.07, 6.45) is 2.48. The molecule has 0 aliphatic rings. The third-order valence-electron chi connectivity index (χ3n) is 2.55. The Morgan fingerprint density at radius 2 is 2.11 bits per heavy atom. The van der Waals surface area contributed by atoms with E-state index in [0.29, 0.717) is 6.54 Å². The molecule has 0 saturated carbocycles. The Morgan fingerprint density at radius 3 is 2.67 bits per heavy atom. The number of nitrogens with zero attached hydrogens (tertiary/aromatic N) is 3. The quantitative estimate of drug-likeness (QED) is 0.865. The molecule has 0 unspecified atom stereocenters. The predicted octanol–water partition coefficient (Wildman–Crippen LogP) is 2.03. The Morgan fingerprint density at radius 1 is 1.33 bits per heavy atom. The molecule has 18 heavy (non-hydrogen) atoms. The van der Waals surface area contributed by atoms with E-state index in [4.69, 9.17) is 10.5 Å². The summed E-state index contributed by atoms with van der Waals surface area (Å²) >= 11 is 1.38. The smallest absolute Gasteiger partial charge is 0.209 e. The minimum Gasteiger partial charge on any atom is -0.497 e. The van der Waals surface area contributed by atoms with Gasteiger partial charge in [-0.25, -0.2) is 4.98 Å². The number of rotatable bonds is 6. The minimum absolute atomic E-state index is 0.658. The Kier molecular flexibility index (Phi) is 4.49. The average Bonchev–Trinajstić information content (AvgIpc) is 2.94. The molecule has 2 N–H and O–H groups in total. The molecule has 0 fully saturated rings. The van der Waals surface area contributed by atoms with Crippen molar-refractivity contribution in [3.63, 3.8) is 0 Å². The molecule has 0 spiro atoms. The monoisotopic (exact) mass is 264 g/mol. The van der Waals surface area contributed by atoms with Gasteiger partial charge in [0.05, 0.1) is 7.11 Å². The Balaban J connectivity index is 2.21. The van der Waals surface area contributed by atoms with Gasteiger partial charge >= 0.3 is 0 Å². The van der Waals surface area contributed by atoms with Crippen LogP contribution in [-0.4, -0.2) is 29.6 Å². The normalized spacial score (nSPS) is 10.3. The Labute approximate surface area is 110 Å². The summed E-state index contributed by atoms with van der Waals surface area (Å²) in [6, 6.07) is 7.89. The van der Waals surface area contributed by atoms with Gasteiger partial charge in [0.2, 0.25) is 5.13 Å². The summed E-state index contributed by atoms with van der Waals surface area (Å²) in [6.45, 7) is 1.49. The highest BCUT2D eigenvalue weighted by atomic mass is 32.1. The van der Waals surface area contributed by atoms with E-state index in [1.54, 1.807) is 13.4 Å². The second-order valence-corrected chi connectivity index (χ2v) is 4.47. The summed E-state index contributed by atoms with van der Waals surface area (Å²) in [4.78, 5) is 6.36. The van der Waals surface area contributed by atoms with Gasteiger partial charge in [0.15, 0.2) is 0 Å². The maximum atomic E-state index is 5.57. The number of methoxy groups -OCH3 is 1. The van der Waals surface area contributed by atoms with Crippen molar-refractivity contribution in [3.8, 4) is 5.75 Å². The predicted molar refractivity (Wildman–Crippen MR) is 73.6 cm³/mol. The Bertz CT molecular complexity index is 457. The van der Waals surface area contributed by atoms with Crippen LogP contribution in [0.3, 0.4) is 0 Å².